The van der Waals surface area contributed by atoms with E-state index in [4.69, 9.17) is 11.6 Å². The second-order valence-corrected chi connectivity index (χ2v) is 8.75. The van der Waals surface area contributed by atoms with Crippen molar-refractivity contribution in [3.05, 3.63) is 94.0 Å². The van der Waals surface area contributed by atoms with Crippen LogP contribution in [0.5, 0.6) is 0 Å². The Morgan fingerprint density at radius 3 is 2.53 bits per heavy atom. The van der Waals surface area contributed by atoms with Crippen molar-refractivity contribution in [2.45, 2.75) is 19.2 Å². The molecule has 1 N–H and O–H groups in total. The lowest BCUT2D eigenvalue weighted by atomic mass is 10.1. The number of halogens is 1. The Hall–Kier alpha value is -2.76. The summed E-state index contributed by atoms with van der Waals surface area (Å²) in [6.07, 6.45) is 0. The molecule has 1 saturated heterocycles. The van der Waals surface area contributed by atoms with Crippen LogP contribution in [-0.4, -0.2) is 17.6 Å². The predicted molar refractivity (Wildman–Crippen MR) is 124 cm³/mol. The van der Waals surface area contributed by atoms with E-state index >= 15 is 0 Å². The number of carbonyl (C=O) groups is 2. The molecule has 0 aromatic heterocycles. The third-order valence-corrected chi connectivity index (χ3v) is 6.61. The molecule has 4 nitrogen and oxygen atoms in total. The van der Waals surface area contributed by atoms with E-state index < -0.39 is 0 Å². The first-order chi connectivity index (χ1) is 14.4. The van der Waals surface area contributed by atoms with Crippen molar-refractivity contribution < 1.29 is 9.59 Å². The number of anilines is 2. The average Bonchev–Trinajstić information content (AvgIpc) is 3.12. The number of thioether (sulfide) groups is 1. The average molecular weight is 437 g/mol. The Kier molecular flexibility index (Phi) is 5.84. The van der Waals surface area contributed by atoms with Crippen LogP contribution in [-0.2, 0) is 4.79 Å². The first-order valence-electron chi connectivity index (χ1n) is 9.61. The maximum atomic E-state index is 12.7. The van der Waals surface area contributed by atoms with E-state index in [1.54, 1.807) is 36.0 Å². The van der Waals surface area contributed by atoms with Crippen LogP contribution in [0.15, 0.2) is 66.7 Å². The van der Waals surface area contributed by atoms with E-state index in [2.05, 4.69) is 17.4 Å². The van der Waals surface area contributed by atoms with Crippen molar-refractivity contribution in [2.24, 2.45) is 0 Å². The largest absolute Gasteiger partial charge is 0.322 e. The molecule has 3 aromatic rings. The fraction of sp³-hybridized carbons (Fsp3) is 0.167. The molecule has 1 aliphatic heterocycles. The number of nitrogens with zero attached hydrogens (tertiary/aromatic N) is 1. The van der Waals surface area contributed by atoms with E-state index in [-0.39, 0.29) is 17.2 Å². The summed E-state index contributed by atoms with van der Waals surface area (Å²) in [4.78, 5) is 27.0. The van der Waals surface area contributed by atoms with Crippen molar-refractivity contribution in [1.29, 1.82) is 0 Å². The third kappa shape index (κ3) is 4.09. The van der Waals surface area contributed by atoms with Gasteiger partial charge in [0.05, 0.1) is 16.3 Å². The zero-order valence-electron chi connectivity index (χ0n) is 16.7. The minimum absolute atomic E-state index is 0.0914. The van der Waals surface area contributed by atoms with Crippen LogP contribution in [0, 0.1) is 13.8 Å². The van der Waals surface area contributed by atoms with Gasteiger partial charge in [-0.2, -0.15) is 0 Å². The zero-order valence-corrected chi connectivity index (χ0v) is 18.3. The fourth-order valence-corrected chi connectivity index (χ4v) is 4.88. The van der Waals surface area contributed by atoms with Crippen LogP contribution in [0.1, 0.15) is 32.4 Å². The minimum Gasteiger partial charge on any atom is -0.322 e. The molecule has 4 rings (SSSR count). The van der Waals surface area contributed by atoms with Gasteiger partial charge < -0.3 is 5.32 Å². The molecule has 1 atom stereocenters. The van der Waals surface area contributed by atoms with Gasteiger partial charge in [0.2, 0.25) is 5.91 Å². The van der Waals surface area contributed by atoms with Crippen LogP contribution >= 0.6 is 23.4 Å². The van der Waals surface area contributed by atoms with Crippen LogP contribution in [0.2, 0.25) is 5.02 Å². The number of hydrogen-bond donors (Lipinski definition) is 1. The predicted octanol–water partition coefficient (Wildman–Crippen LogP) is 5.99. The van der Waals surface area contributed by atoms with Gasteiger partial charge in [0.25, 0.3) is 5.91 Å². The van der Waals surface area contributed by atoms with Crippen LogP contribution in [0.25, 0.3) is 0 Å². The summed E-state index contributed by atoms with van der Waals surface area (Å²) in [5.74, 6) is 0.300. The number of carbonyl (C=O) groups excluding carboxylic acids is 2. The van der Waals surface area contributed by atoms with Crippen molar-refractivity contribution in [2.75, 3.05) is 16.0 Å². The molecule has 6 heteroatoms. The highest BCUT2D eigenvalue weighted by molar-refractivity contribution is 8.00. The maximum absolute atomic E-state index is 12.7. The molecule has 3 aromatic carbocycles. The highest BCUT2D eigenvalue weighted by Crippen LogP contribution is 2.43. The smallest absolute Gasteiger partial charge is 0.257 e. The second-order valence-electron chi connectivity index (χ2n) is 7.27. The molecule has 0 aliphatic carbocycles. The molecular weight excluding hydrogens is 416 g/mol. The van der Waals surface area contributed by atoms with Gasteiger partial charge in [-0.1, -0.05) is 48.0 Å². The monoisotopic (exact) mass is 436 g/mol. The quantitative estimate of drug-likeness (QED) is 0.546. The van der Waals surface area contributed by atoms with Crippen LogP contribution < -0.4 is 10.2 Å². The zero-order chi connectivity index (χ0) is 21.3. The standard InChI is InChI=1S/C24H21ClN2O2S/c1-15-7-8-16(2)21(13-15)27-22(28)14-30-24(27)17-9-11-18(12-10-17)26-23(29)19-5-3-4-6-20(19)25/h3-13,24H,14H2,1-2H3,(H,26,29). The Morgan fingerprint density at radius 2 is 1.80 bits per heavy atom. The number of rotatable bonds is 4. The number of benzene rings is 3. The Balaban J connectivity index is 1.56. The minimum atomic E-state index is -0.254. The van der Waals surface area contributed by atoms with E-state index in [1.807, 2.05) is 49.1 Å². The van der Waals surface area contributed by atoms with Gasteiger partial charge in [-0.15, -0.1) is 11.8 Å². The SMILES string of the molecule is Cc1ccc(C)c(N2C(=O)CSC2c2ccc(NC(=O)c3ccccc3Cl)cc2)c1. The highest BCUT2D eigenvalue weighted by Gasteiger charge is 2.34. The molecule has 1 aliphatic rings. The van der Waals surface area contributed by atoms with Gasteiger partial charge in [-0.25, -0.2) is 0 Å². The molecule has 1 unspecified atom stereocenters. The van der Waals surface area contributed by atoms with E-state index in [9.17, 15) is 9.59 Å². The summed E-state index contributed by atoms with van der Waals surface area (Å²) in [5, 5.41) is 3.20. The van der Waals surface area contributed by atoms with Crippen LogP contribution in [0.3, 0.4) is 0 Å². The molecule has 0 bridgehead atoms. The Labute approximate surface area is 185 Å². The van der Waals surface area contributed by atoms with Crippen molar-refractivity contribution in [3.8, 4) is 0 Å². The van der Waals surface area contributed by atoms with Gasteiger partial charge in [0, 0.05) is 11.4 Å². The molecule has 152 valence electrons. The summed E-state index contributed by atoms with van der Waals surface area (Å²) in [6, 6.07) is 20.7. The summed E-state index contributed by atoms with van der Waals surface area (Å²) >= 11 is 7.72. The first-order valence-corrected chi connectivity index (χ1v) is 11.0. The normalized spacial score (nSPS) is 16.0. The van der Waals surface area contributed by atoms with E-state index in [0.29, 0.717) is 22.0 Å². The molecule has 30 heavy (non-hydrogen) atoms. The molecule has 0 saturated carbocycles. The number of hydrogen-bond acceptors (Lipinski definition) is 3. The second kappa shape index (κ2) is 8.54. The molecule has 1 heterocycles. The summed E-state index contributed by atoms with van der Waals surface area (Å²) in [6.45, 7) is 4.05. The van der Waals surface area contributed by atoms with Crippen molar-refractivity contribution in [3.63, 3.8) is 0 Å². The first kappa shape index (κ1) is 20.5. The Bertz CT molecular complexity index is 1110. The summed E-state index contributed by atoms with van der Waals surface area (Å²) < 4.78 is 0. The lowest BCUT2D eigenvalue weighted by molar-refractivity contribution is -0.115. The lowest BCUT2D eigenvalue weighted by Crippen LogP contribution is -2.28. The van der Waals surface area contributed by atoms with Crippen LogP contribution in [0.4, 0.5) is 11.4 Å². The van der Waals surface area contributed by atoms with Crippen molar-refractivity contribution >= 4 is 46.6 Å². The Morgan fingerprint density at radius 1 is 1.07 bits per heavy atom. The molecule has 0 radical (unpaired) electrons. The molecule has 0 spiro atoms. The van der Waals surface area contributed by atoms with Gasteiger partial charge in [-0.3, -0.25) is 14.5 Å². The van der Waals surface area contributed by atoms with E-state index in [0.717, 1.165) is 22.4 Å². The highest BCUT2D eigenvalue weighted by atomic mass is 35.5. The number of aryl methyl sites for hydroxylation is 2. The summed E-state index contributed by atoms with van der Waals surface area (Å²) in [7, 11) is 0. The topological polar surface area (TPSA) is 49.4 Å². The molecule has 1 fully saturated rings. The molecular formula is C24H21ClN2O2S. The molecule has 2 amide bonds. The fourth-order valence-electron chi connectivity index (χ4n) is 3.48. The van der Waals surface area contributed by atoms with Gasteiger partial charge in [-0.05, 0) is 60.9 Å². The maximum Gasteiger partial charge on any atom is 0.257 e. The van der Waals surface area contributed by atoms with Gasteiger partial charge in [0.15, 0.2) is 0 Å². The number of nitrogens with one attached hydrogen (secondary N) is 1. The van der Waals surface area contributed by atoms with Gasteiger partial charge in [0.1, 0.15) is 5.37 Å². The lowest BCUT2D eigenvalue weighted by Gasteiger charge is -2.26. The number of amides is 2. The van der Waals surface area contributed by atoms with E-state index in [1.165, 1.54) is 0 Å². The third-order valence-electron chi connectivity index (χ3n) is 5.06. The van der Waals surface area contributed by atoms with Gasteiger partial charge >= 0.3 is 0 Å². The summed E-state index contributed by atoms with van der Waals surface area (Å²) in [5.41, 5.74) is 5.27. The van der Waals surface area contributed by atoms with Crippen molar-refractivity contribution in [1.82, 2.24) is 0 Å².